The van der Waals surface area contributed by atoms with Crippen LogP contribution in [0.25, 0.3) is 22.2 Å². The van der Waals surface area contributed by atoms with Crippen LogP contribution in [-0.4, -0.2) is 21.4 Å². The molecule has 5 nitrogen and oxygen atoms in total. The fourth-order valence-electron chi connectivity index (χ4n) is 2.40. The number of hydrogen-bond donors (Lipinski definition) is 2. The molecule has 5 heteroatoms. The van der Waals surface area contributed by atoms with Gasteiger partial charge in [0.1, 0.15) is 11.8 Å². The van der Waals surface area contributed by atoms with Gasteiger partial charge >= 0.3 is 0 Å². The summed E-state index contributed by atoms with van der Waals surface area (Å²) in [6.07, 6.45) is 1.31. The molecule has 102 valence electrons. The third-order valence-corrected chi connectivity index (χ3v) is 3.35. The normalized spacial score (nSPS) is 11.0. The summed E-state index contributed by atoms with van der Waals surface area (Å²) < 4.78 is 1.03. The molecule has 0 aliphatic rings. The summed E-state index contributed by atoms with van der Waals surface area (Å²) >= 11 is 0. The van der Waals surface area contributed by atoms with Gasteiger partial charge in [-0.3, -0.25) is 0 Å². The molecular weight excluding hydrogens is 266 g/mol. The minimum atomic E-state index is 0.427. The van der Waals surface area contributed by atoms with Gasteiger partial charge in [-0.2, -0.15) is 9.99 Å². The van der Waals surface area contributed by atoms with Crippen LogP contribution in [0.2, 0.25) is 0 Å². The van der Waals surface area contributed by atoms with Gasteiger partial charge in [0.25, 0.3) is 0 Å². The Morgan fingerprint density at radius 1 is 1.10 bits per heavy atom. The zero-order valence-electron chi connectivity index (χ0n) is 10.9. The Balaban J connectivity index is 2.25. The lowest BCUT2D eigenvalue weighted by Crippen LogP contribution is -1.94. The molecule has 2 N–H and O–H groups in total. The highest BCUT2D eigenvalue weighted by Gasteiger charge is 2.17. The van der Waals surface area contributed by atoms with Crippen molar-refractivity contribution in [2.24, 2.45) is 5.16 Å². The van der Waals surface area contributed by atoms with Gasteiger partial charge in [0.15, 0.2) is 0 Å². The maximum Gasteiger partial charge on any atom is 0.106 e. The van der Waals surface area contributed by atoms with Crippen LogP contribution in [0.5, 0.6) is 0 Å². The van der Waals surface area contributed by atoms with E-state index in [1.165, 1.54) is 6.21 Å². The molecule has 0 radical (unpaired) electrons. The lowest BCUT2D eigenvalue weighted by atomic mass is 10.0. The number of benzene rings is 2. The van der Waals surface area contributed by atoms with Crippen LogP contribution in [-0.2, 0) is 0 Å². The van der Waals surface area contributed by atoms with Gasteiger partial charge in [-0.05, 0) is 11.6 Å². The minimum absolute atomic E-state index is 0.427. The third-order valence-electron chi connectivity index (χ3n) is 3.35. The van der Waals surface area contributed by atoms with Crippen LogP contribution in [0, 0.1) is 11.3 Å². The van der Waals surface area contributed by atoms with Crippen LogP contribution >= 0.6 is 0 Å². The van der Waals surface area contributed by atoms with Gasteiger partial charge in [-0.1, -0.05) is 47.6 Å². The van der Waals surface area contributed by atoms with Crippen LogP contribution in [0.15, 0.2) is 53.7 Å². The first-order valence-electron chi connectivity index (χ1n) is 6.27. The molecule has 1 aromatic heterocycles. The first-order valence-corrected chi connectivity index (χ1v) is 6.27. The summed E-state index contributed by atoms with van der Waals surface area (Å²) in [5, 5.41) is 31.9. The molecule has 0 fully saturated rings. The van der Waals surface area contributed by atoms with Crippen molar-refractivity contribution in [2.45, 2.75) is 0 Å². The molecule has 21 heavy (non-hydrogen) atoms. The van der Waals surface area contributed by atoms with Crippen LogP contribution < -0.4 is 0 Å². The van der Waals surface area contributed by atoms with Gasteiger partial charge in [0.2, 0.25) is 0 Å². The number of rotatable bonds is 2. The molecular formula is C16H11N3O2. The Hall–Kier alpha value is -3.26. The largest absolute Gasteiger partial charge is 0.428 e. The molecule has 0 atom stereocenters. The van der Waals surface area contributed by atoms with E-state index in [1.54, 1.807) is 42.5 Å². The van der Waals surface area contributed by atoms with Crippen molar-refractivity contribution in [3.63, 3.8) is 0 Å². The van der Waals surface area contributed by atoms with Crippen molar-refractivity contribution >= 4 is 17.1 Å². The van der Waals surface area contributed by atoms with E-state index in [0.717, 1.165) is 10.3 Å². The number of fused-ring (bicyclic) bond motifs is 1. The van der Waals surface area contributed by atoms with Crippen LogP contribution in [0.1, 0.15) is 11.1 Å². The van der Waals surface area contributed by atoms with E-state index in [9.17, 15) is 10.5 Å². The van der Waals surface area contributed by atoms with Crippen molar-refractivity contribution in [1.29, 1.82) is 5.26 Å². The fourth-order valence-corrected chi connectivity index (χ4v) is 2.40. The number of nitriles is 1. The maximum absolute atomic E-state index is 10.3. The lowest BCUT2D eigenvalue weighted by molar-refractivity contribution is 0.204. The van der Waals surface area contributed by atoms with Crippen molar-refractivity contribution in [3.05, 3.63) is 59.7 Å². The van der Waals surface area contributed by atoms with E-state index >= 15 is 0 Å². The molecule has 1 heterocycles. The molecule has 0 amide bonds. The Bertz CT molecular complexity index is 871. The minimum Gasteiger partial charge on any atom is -0.428 e. The monoisotopic (exact) mass is 277 g/mol. The molecule has 0 saturated carbocycles. The van der Waals surface area contributed by atoms with Crippen molar-refractivity contribution in [3.8, 4) is 17.3 Å². The molecule has 0 aliphatic heterocycles. The predicted molar refractivity (Wildman–Crippen MR) is 78.7 cm³/mol. The Labute approximate surface area is 120 Å². The number of para-hydroxylation sites is 1. The first kappa shape index (κ1) is 12.8. The molecule has 0 saturated heterocycles. The predicted octanol–water partition coefficient (Wildman–Crippen LogP) is 3.23. The van der Waals surface area contributed by atoms with Crippen molar-refractivity contribution in [1.82, 2.24) is 4.73 Å². The Morgan fingerprint density at radius 3 is 2.48 bits per heavy atom. The molecule has 3 rings (SSSR count). The molecule has 0 spiro atoms. The van der Waals surface area contributed by atoms with Crippen LogP contribution in [0.3, 0.4) is 0 Å². The highest BCUT2D eigenvalue weighted by atomic mass is 16.5. The molecule has 0 bridgehead atoms. The second kappa shape index (κ2) is 5.02. The number of aromatic nitrogens is 1. The van der Waals surface area contributed by atoms with Crippen molar-refractivity contribution in [2.75, 3.05) is 0 Å². The smallest absolute Gasteiger partial charge is 0.106 e. The maximum atomic E-state index is 10.3. The highest BCUT2D eigenvalue weighted by molar-refractivity contribution is 5.94. The van der Waals surface area contributed by atoms with E-state index in [-0.39, 0.29) is 0 Å². The highest BCUT2D eigenvalue weighted by Crippen LogP contribution is 2.32. The van der Waals surface area contributed by atoms with Crippen molar-refractivity contribution < 1.29 is 10.4 Å². The summed E-state index contributed by atoms with van der Waals surface area (Å²) in [7, 11) is 0. The first-order chi connectivity index (χ1) is 10.3. The Kier molecular flexibility index (Phi) is 3.05. The number of oxime groups is 1. The number of hydrogen-bond acceptors (Lipinski definition) is 4. The SMILES string of the molecule is N#Cc1c(-c2ccc(/C=N\O)cc2)n(O)c2ccccc12. The molecule has 0 unspecified atom stereocenters. The van der Waals surface area contributed by atoms with E-state index in [4.69, 9.17) is 5.21 Å². The van der Waals surface area contributed by atoms with Gasteiger partial charge < -0.3 is 10.4 Å². The summed E-state index contributed by atoms with van der Waals surface area (Å²) in [5.41, 5.74) is 2.90. The Morgan fingerprint density at radius 2 is 1.81 bits per heavy atom. The zero-order chi connectivity index (χ0) is 14.8. The van der Waals surface area contributed by atoms with E-state index < -0.39 is 0 Å². The summed E-state index contributed by atoms with van der Waals surface area (Å²) in [6.45, 7) is 0. The zero-order valence-corrected chi connectivity index (χ0v) is 10.9. The average Bonchev–Trinajstić information content (AvgIpc) is 2.81. The fraction of sp³-hybridized carbons (Fsp3) is 0. The van der Waals surface area contributed by atoms with E-state index in [1.807, 2.05) is 6.07 Å². The standard InChI is InChI=1S/C16H11N3O2/c17-9-14-13-3-1-2-4-15(13)19(21)16(14)12-7-5-11(6-8-12)10-18-20/h1-8,10,20-21H/b18-10-. The summed E-state index contributed by atoms with van der Waals surface area (Å²) in [4.78, 5) is 0. The third kappa shape index (κ3) is 1.99. The topological polar surface area (TPSA) is 81.5 Å². The lowest BCUT2D eigenvalue weighted by Gasteiger charge is -2.04. The van der Waals surface area contributed by atoms with E-state index in [2.05, 4.69) is 11.2 Å². The second-order valence-corrected chi connectivity index (χ2v) is 4.53. The van der Waals surface area contributed by atoms with E-state index in [0.29, 0.717) is 27.7 Å². The summed E-state index contributed by atoms with van der Waals surface area (Å²) in [6, 6.07) is 16.4. The molecule has 0 aliphatic carbocycles. The van der Waals surface area contributed by atoms with Crippen LogP contribution in [0.4, 0.5) is 0 Å². The second-order valence-electron chi connectivity index (χ2n) is 4.53. The number of nitrogens with zero attached hydrogens (tertiary/aromatic N) is 3. The van der Waals surface area contributed by atoms with Gasteiger partial charge in [-0.25, -0.2) is 0 Å². The quantitative estimate of drug-likeness (QED) is 0.326. The molecule has 3 aromatic rings. The van der Waals surface area contributed by atoms with Gasteiger partial charge in [0, 0.05) is 10.9 Å². The van der Waals surface area contributed by atoms with Gasteiger partial charge in [0.05, 0.1) is 17.3 Å². The average molecular weight is 277 g/mol. The molecule has 2 aromatic carbocycles. The van der Waals surface area contributed by atoms with Gasteiger partial charge in [-0.15, -0.1) is 0 Å². The summed E-state index contributed by atoms with van der Waals surface area (Å²) in [5.74, 6) is 0.